The van der Waals surface area contributed by atoms with Gasteiger partial charge in [0, 0.05) is 14.0 Å². The van der Waals surface area contributed by atoms with Gasteiger partial charge in [0.05, 0.1) is 0 Å². The van der Waals surface area contributed by atoms with E-state index in [0.717, 1.165) is 37.0 Å². The van der Waals surface area contributed by atoms with Gasteiger partial charge in [0.25, 0.3) is 0 Å². The number of unbranched alkanes of at least 4 members (excludes halogenated alkanes) is 2. The summed E-state index contributed by atoms with van der Waals surface area (Å²) in [5, 5.41) is 0. The van der Waals surface area contributed by atoms with Crippen LogP contribution in [0.4, 0.5) is 0 Å². The Morgan fingerprint density at radius 1 is 1.30 bits per heavy atom. The van der Waals surface area contributed by atoms with E-state index in [2.05, 4.69) is 6.92 Å². The number of hydrogen-bond acceptors (Lipinski definition) is 4. The smallest absolute Gasteiger partial charge is 0.303 e. The van der Waals surface area contributed by atoms with Crippen LogP contribution in [0.25, 0.3) is 0 Å². The SMILES string of the molecule is CCCCC[C@@H](OC(C)=O)c1cccc(OCOC)c1. The zero-order chi connectivity index (χ0) is 14.8. The van der Waals surface area contributed by atoms with Crippen molar-refractivity contribution in [1.82, 2.24) is 0 Å². The van der Waals surface area contributed by atoms with Crippen molar-refractivity contribution in [3.8, 4) is 5.75 Å². The highest BCUT2D eigenvalue weighted by Gasteiger charge is 2.15. The number of carbonyl (C=O) groups is 1. The minimum atomic E-state index is -0.255. The third-order valence-corrected chi connectivity index (χ3v) is 2.95. The molecule has 0 fully saturated rings. The van der Waals surface area contributed by atoms with E-state index >= 15 is 0 Å². The lowest BCUT2D eigenvalue weighted by Gasteiger charge is -2.18. The van der Waals surface area contributed by atoms with E-state index in [1.165, 1.54) is 6.92 Å². The summed E-state index contributed by atoms with van der Waals surface area (Å²) >= 11 is 0. The van der Waals surface area contributed by atoms with Crippen molar-refractivity contribution in [3.63, 3.8) is 0 Å². The van der Waals surface area contributed by atoms with Gasteiger partial charge in [0.15, 0.2) is 6.79 Å². The third kappa shape index (κ3) is 6.06. The summed E-state index contributed by atoms with van der Waals surface area (Å²) in [7, 11) is 1.58. The van der Waals surface area contributed by atoms with Crippen LogP contribution in [0.5, 0.6) is 5.75 Å². The highest BCUT2D eigenvalue weighted by atomic mass is 16.7. The fourth-order valence-electron chi connectivity index (χ4n) is 2.01. The summed E-state index contributed by atoms with van der Waals surface area (Å²) in [5.74, 6) is 0.465. The van der Waals surface area contributed by atoms with Crippen molar-refractivity contribution in [1.29, 1.82) is 0 Å². The minimum absolute atomic E-state index is 0.204. The number of esters is 1. The number of benzene rings is 1. The molecular weight excluding hydrogens is 256 g/mol. The molecule has 0 aliphatic heterocycles. The van der Waals surface area contributed by atoms with E-state index in [0.29, 0.717) is 0 Å². The molecule has 0 heterocycles. The van der Waals surface area contributed by atoms with E-state index < -0.39 is 0 Å². The van der Waals surface area contributed by atoms with Crippen molar-refractivity contribution in [2.45, 2.75) is 45.6 Å². The molecule has 1 aromatic rings. The molecule has 0 amide bonds. The molecule has 0 spiro atoms. The Morgan fingerprint density at radius 3 is 2.75 bits per heavy atom. The molecule has 0 radical (unpaired) electrons. The standard InChI is InChI=1S/C16H24O4/c1-4-5-6-10-16(20-13(2)17)14-8-7-9-15(11-14)19-12-18-3/h7-9,11,16H,4-6,10,12H2,1-3H3/t16-/m1/s1. The number of carbonyl (C=O) groups excluding carboxylic acids is 1. The molecule has 1 aromatic carbocycles. The van der Waals surface area contributed by atoms with Gasteiger partial charge in [-0.05, 0) is 30.5 Å². The Balaban J connectivity index is 2.74. The number of rotatable bonds is 9. The molecule has 1 atom stereocenters. The lowest BCUT2D eigenvalue weighted by atomic mass is 10.0. The van der Waals surface area contributed by atoms with Gasteiger partial charge >= 0.3 is 5.97 Å². The first-order chi connectivity index (χ1) is 9.67. The molecule has 0 saturated heterocycles. The Labute approximate surface area is 121 Å². The Morgan fingerprint density at radius 2 is 2.10 bits per heavy atom. The summed E-state index contributed by atoms with van der Waals surface area (Å²) in [5.41, 5.74) is 0.963. The summed E-state index contributed by atoms with van der Waals surface area (Å²) in [4.78, 5) is 11.2. The van der Waals surface area contributed by atoms with Gasteiger partial charge in [-0.2, -0.15) is 0 Å². The van der Waals surface area contributed by atoms with Crippen molar-refractivity contribution in [2.75, 3.05) is 13.9 Å². The monoisotopic (exact) mass is 280 g/mol. The van der Waals surface area contributed by atoms with E-state index in [9.17, 15) is 4.79 Å². The third-order valence-electron chi connectivity index (χ3n) is 2.95. The van der Waals surface area contributed by atoms with Crippen LogP contribution in [0.15, 0.2) is 24.3 Å². The lowest BCUT2D eigenvalue weighted by Crippen LogP contribution is -2.09. The van der Waals surface area contributed by atoms with Gasteiger partial charge < -0.3 is 14.2 Å². The topological polar surface area (TPSA) is 44.8 Å². The molecule has 0 N–H and O–H groups in total. The second kappa shape index (κ2) is 9.37. The molecule has 0 aliphatic rings. The first-order valence-electron chi connectivity index (χ1n) is 7.06. The van der Waals surface area contributed by atoms with Crippen LogP contribution in [0.2, 0.25) is 0 Å². The van der Waals surface area contributed by atoms with Gasteiger partial charge in [-0.25, -0.2) is 0 Å². The van der Waals surface area contributed by atoms with Gasteiger partial charge in [0.1, 0.15) is 11.9 Å². The molecular formula is C16H24O4. The average molecular weight is 280 g/mol. The molecule has 20 heavy (non-hydrogen) atoms. The largest absolute Gasteiger partial charge is 0.468 e. The molecule has 0 unspecified atom stereocenters. The van der Waals surface area contributed by atoms with Crippen LogP contribution in [-0.4, -0.2) is 19.9 Å². The summed E-state index contributed by atoms with van der Waals surface area (Å²) in [6, 6.07) is 7.62. The van der Waals surface area contributed by atoms with Crippen LogP contribution in [-0.2, 0) is 14.3 Å². The molecule has 0 aliphatic carbocycles. The Kier molecular flexibility index (Phi) is 7.73. The van der Waals surface area contributed by atoms with Gasteiger partial charge in [-0.3, -0.25) is 4.79 Å². The highest BCUT2D eigenvalue weighted by Crippen LogP contribution is 2.27. The molecule has 4 nitrogen and oxygen atoms in total. The predicted octanol–water partition coefficient (Wildman–Crippen LogP) is 3.85. The summed E-state index contributed by atoms with van der Waals surface area (Å²) < 4.78 is 15.7. The zero-order valence-electron chi connectivity index (χ0n) is 12.6. The number of hydrogen-bond donors (Lipinski definition) is 0. The first-order valence-corrected chi connectivity index (χ1v) is 7.06. The maximum atomic E-state index is 11.2. The zero-order valence-corrected chi connectivity index (χ0v) is 12.6. The van der Waals surface area contributed by atoms with Crippen molar-refractivity contribution in [3.05, 3.63) is 29.8 Å². The van der Waals surface area contributed by atoms with E-state index in [4.69, 9.17) is 14.2 Å². The predicted molar refractivity (Wildman–Crippen MR) is 77.6 cm³/mol. The molecule has 0 bridgehead atoms. The quantitative estimate of drug-likeness (QED) is 0.391. The molecule has 112 valence electrons. The Bertz CT molecular complexity index is 403. The normalized spacial score (nSPS) is 11.9. The van der Waals surface area contributed by atoms with Crippen LogP contribution in [0.3, 0.4) is 0 Å². The van der Waals surface area contributed by atoms with Crippen molar-refractivity contribution in [2.24, 2.45) is 0 Å². The fraction of sp³-hybridized carbons (Fsp3) is 0.562. The minimum Gasteiger partial charge on any atom is -0.468 e. The first kappa shape index (κ1) is 16.5. The fourth-order valence-corrected chi connectivity index (χ4v) is 2.01. The van der Waals surface area contributed by atoms with Crippen molar-refractivity contribution < 1.29 is 19.0 Å². The van der Waals surface area contributed by atoms with Gasteiger partial charge in [-0.1, -0.05) is 31.9 Å². The van der Waals surface area contributed by atoms with E-state index in [1.807, 2.05) is 24.3 Å². The molecule has 0 aromatic heterocycles. The molecule has 4 heteroatoms. The van der Waals surface area contributed by atoms with Crippen LogP contribution >= 0.6 is 0 Å². The van der Waals surface area contributed by atoms with Crippen LogP contribution in [0, 0.1) is 0 Å². The average Bonchev–Trinajstić information content (AvgIpc) is 2.44. The highest BCUT2D eigenvalue weighted by molar-refractivity contribution is 5.66. The maximum absolute atomic E-state index is 11.2. The second-order valence-corrected chi connectivity index (χ2v) is 4.72. The maximum Gasteiger partial charge on any atom is 0.303 e. The summed E-state index contributed by atoms with van der Waals surface area (Å²) in [6.07, 6.45) is 3.95. The van der Waals surface area contributed by atoms with E-state index in [-0.39, 0.29) is 18.9 Å². The van der Waals surface area contributed by atoms with Gasteiger partial charge in [0.2, 0.25) is 0 Å². The van der Waals surface area contributed by atoms with Crippen LogP contribution in [0.1, 0.15) is 51.2 Å². The van der Waals surface area contributed by atoms with Crippen LogP contribution < -0.4 is 4.74 Å². The number of methoxy groups -OCH3 is 1. The van der Waals surface area contributed by atoms with Gasteiger partial charge in [-0.15, -0.1) is 0 Å². The molecule has 0 saturated carbocycles. The van der Waals surface area contributed by atoms with E-state index in [1.54, 1.807) is 7.11 Å². The lowest BCUT2D eigenvalue weighted by molar-refractivity contribution is -0.147. The van der Waals surface area contributed by atoms with Crippen molar-refractivity contribution >= 4 is 5.97 Å². The second-order valence-electron chi connectivity index (χ2n) is 4.72. The summed E-state index contributed by atoms with van der Waals surface area (Å²) in [6.45, 7) is 3.80. The molecule has 1 rings (SSSR count). The Hall–Kier alpha value is -1.55. The number of ether oxygens (including phenoxy) is 3.